The van der Waals surface area contributed by atoms with Crippen molar-refractivity contribution in [2.45, 2.75) is 27.2 Å². The first-order chi connectivity index (χ1) is 7.66. The summed E-state index contributed by atoms with van der Waals surface area (Å²) in [6.45, 7) is 6.36. The summed E-state index contributed by atoms with van der Waals surface area (Å²) in [5.41, 5.74) is 5.05. The SMILES string of the molecule is Cc1cc(C)c(C=NC2=NC=CC2)c(C)c1. The molecule has 0 spiro atoms. The molecular formula is C14H16N2. The molecule has 1 aliphatic heterocycles. The molecule has 0 atom stereocenters. The third-order valence-electron chi connectivity index (χ3n) is 2.71. The predicted molar refractivity (Wildman–Crippen MR) is 69.4 cm³/mol. The number of hydrogen-bond acceptors (Lipinski definition) is 2. The highest BCUT2D eigenvalue weighted by Gasteiger charge is 2.02. The quantitative estimate of drug-likeness (QED) is 0.638. The molecule has 82 valence electrons. The Hall–Kier alpha value is -1.70. The van der Waals surface area contributed by atoms with E-state index in [9.17, 15) is 0 Å². The fourth-order valence-electron chi connectivity index (χ4n) is 1.97. The maximum atomic E-state index is 4.41. The number of amidine groups is 1. The average Bonchev–Trinajstić information content (AvgIpc) is 2.68. The highest BCUT2D eigenvalue weighted by atomic mass is 14.9. The minimum atomic E-state index is 0.848. The lowest BCUT2D eigenvalue weighted by Crippen LogP contribution is -1.96. The molecule has 0 saturated carbocycles. The highest BCUT2D eigenvalue weighted by molar-refractivity contribution is 5.97. The number of rotatable bonds is 1. The number of aryl methyl sites for hydroxylation is 3. The molecule has 1 aliphatic rings. The van der Waals surface area contributed by atoms with Crippen LogP contribution in [0.5, 0.6) is 0 Å². The summed E-state index contributed by atoms with van der Waals surface area (Å²) in [5, 5.41) is 0. The number of benzene rings is 1. The Bertz CT molecular complexity index is 470. The summed E-state index contributed by atoms with van der Waals surface area (Å²) < 4.78 is 0. The van der Waals surface area contributed by atoms with E-state index in [4.69, 9.17) is 0 Å². The molecule has 0 bridgehead atoms. The van der Waals surface area contributed by atoms with E-state index in [2.05, 4.69) is 42.9 Å². The third-order valence-corrected chi connectivity index (χ3v) is 2.71. The topological polar surface area (TPSA) is 24.7 Å². The Balaban J connectivity index is 2.27. The van der Waals surface area contributed by atoms with E-state index in [1.165, 1.54) is 22.3 Å². The van der Waals surface area contributed by atoms with E-state index in [0.717, 1.165) is 12.3 Å². The van der Waals surface area contributed by atoms with Gasteiger partial charge in [-0.25, -0.2) is 9.98 Å². The molecule has 0 saturated heterocycles. The van der Waals surface area contributed by atoms with Gasteiger partial charge in [0.2, 0.25) is 0 Å². The van der Waals surface area contributed by atoms with Crippen LogP contribution >= 0.6 is 0 Å². The Kier molecular flexibility index (Phi) is 3.00. The maximum absolute atomic E-state index is 4.41. The second-order valence-electron chi connectivity index (χ2n) is 4.20. The summed E-state index contributed by atoms with van der Waals surface area (Å²) in [5.74, 6) is 0.888. The third kappa shape index (κ3) is 2.27. The van der Waals surface area contributed by atoms with Gasteiger partial charge in [0.25, 0.3) is 0 Å². The summed E-state index contributed by atoms with van der Waals surface area (Å²) in [6, 6.07) is 4.37. The number of hydrogen-bond donors (Lipinski definition) is 0. The normalized spacial score (nSPS) is 14.8. The van der Waals surface area contributed by atoms with Gasteiger partial charge in [0, 0.05) is 18.8 Å². The molecule has 1 aromatic carbocycles. The van der Waals surface area contributed by atoms with Crippen molar-refractivity contribution in [2.24, 2.45) is 9.98 Å². The van der Waals surface area contributed by atoms with E-state index in [0.29, 0.717) is 0 Å². The summed E-state index contributed by atoms with van der Waals surface area (Å²) in [4.78, 5) is 8.57. The largest absolute Gasteiger partial charge is 0.241 e. The van der Waals surface area contributed by atoms with Crippen molar-refractivity contribution < 1.29 is 0 Å². The minimum absolute atomic E-state index is 0.848. The predicted octanol–water partition coefficient (Wildman–Crippen LogP) is 3.35. The lowest BCUT2D eigenvalue weighted by Gasteiger charge is -2.06. The van der Waals surface area contributed by atoms with Crippen molar-refractivity contribution >= 4 is 12.1 Å². The van der Waals surface area contributed by atoms with Gasteiger partial charge in [-0.3, -0.25) is 0 Å². The molecule has 16 heavy (non-hydrogen) atoms. The Labute approximate surface area is 96.4 Å². The van der Waals surface area contributed by atoms with E-state index in [-0.39, 0.29) is 0 Å². The van der Waals surface area contributed by atoms with Crippen LogP contribution in [-0.4, -0.2) is 12.1 Å². The van der Waals surface area contributed by atoms with Crippen LogP contribution in [0.3, 0.4) is 0 Å². The average molecular weight is 212 g/mol. The van der Waals surface area contributed by atoms with Crippen molar-refractivity contribution in [2.75, 3.05) is 0 Å². The second kappa shape index (κ2) is 4.44. The van der Waals surface area contributed by atoms with Crippen LogP contribution in [0.1, 0.15) is 28.7 Å². The van der Waals surface area contributed by atoms with Crippen LogP contribution in [0, 0.1) is 20.8 Å². The number of nitrogens with zero attached hydrogens (tertiary/aromatic N) is 2. The van der Waals surface area contributed by atoms with Crippen molar-refractivity contribution in [3.05, 3.63) is 46.7 Å². The lowest BCUT2D eigenvalue weighted by molar-refractivity contribution is 1.30. The zero-order valence-corrected chi connectivity index (χ0v) is 9.99. The van der Waals surface area contributed by atoms with Crippen LogP contribution in [0.4, 0.5) is 0 Å². The van der Waals surface area contributed by atoms with Crippen molar-refractivity contribution in [1.82, 2.24) is 0 Å². The summed E-state index contributed by atoms with van der Waals surface area (Å²) in [6.07, 6.45) is 6.60. The molecule has 1 heterocycles. The molecule has 2 rings (SSSR count). The zero-order chi connectivity index (χ0) is 11.5. The van der Waals surface area contributed by atoms with E-state index >= 15 is 0 Å². The van der Waals surface area contributed by atoms with Gasteiger partial charge in [-0.1, -0.05) is 23.8 Å². The van der Waals surface area contributed by atoms with Crippen LogP contribution in [0.2, 0.25) is 0 Å². The maximum Gasteiger partial charge on any atom is 0.132 e. The number of aliphatic imine (C=N–C) groups is 2. The first-order valence-electron chi connectivity index (χ1n) is 5.50. The van der Waals surface area contributed by atoms with Crippen molar-refractivity contribution in [1.29, 1.82) is 0 Å². The van der Waals surface area contributed by atoms with Crippen LogP contribution in [-0.2, 0) is 0 Å². The first kappa shape index (κ1) is 10.8. The van der Waals surface area contributed by atoms with Crippen LogP contribution in [0.15, 0.2) is 34.4 Å². The van der Waals surface area contributed by atoms with Gasteiger partial charge in [-0.15, -0.1) is 0 Å². The molecular weight excluding hydrogens is 196 g/mol. The molecule has 1 aromatic rings. The highest BCUT2D eigenvalue weighted by Crippen LogP contribution is 2.14. The molecule has 0 unspecified atom stereocenters. The summed E-state index contributed by atoms with van der Waals surface area (Å²) >= 11 is 0. The molecule has 0 amide bonds. The van der Waals surface area contributed by atoms with Gasteiger partial charge in [0.1, 0.15) is 5.84 Å². The standard InChI is InChI=1S/C14H16N2/c1-10-7-11(2)13(12(3)8-10)9-16-14-5-4-6-15-14/h4,6-9H,5H2,1-3H3. The van der Waals surface area contributed by atoms with Crippen LogP contribution in [0.25, 0.3) is 0 Å². The second-order valence-corrected chi connectivity index (χ2v) is 4.20. The molecule has 2 nitrogen and oxygen atoms in total. The van der Waals surface area contributed by atoms with Crippen molar-refractivity contribution in [3.63, 3.8) is 0 Å². The van der Waals surface area contributed by atoms with Gasteiger partial charge in [0.15, 0.2) is 0 Å². The smallest absolute Gasteiger partial charge is 0.132 e. The Morgan fingerprint density at radius 1 is 1.19 bits per heavy atom. The molecule has 0 N–H and O–H groups in total. The summed E-state index contributed by atoms with van der Waals surface area (Å²) in [7, 11) is 0. The van der Waals surface area contributed by atoms with Gasteiger partial charge < -0.3 is 0 Å². The molecule has 0 aromatic heterocycles. The minimum Gasteiger partial charge on any atom is -0.241 e. The van der Waals surface area contributed by atoms with Crippen LogP contribution < -0.4 is 0 Å². The van der Waals surface area contributed by atoms with Gasteiger partial charge in [-0.05, 0) is 37.5 Å². The van der Waals surface area contributed by atoms with E-state index in [1.807, 2.05) is 18.5 Å². The molecule has 0 fully saturated rings. The lowest BCUT2D eigenvalue weighted by atomic mass is 10.0. The zero-order valence-electron chi connectivity index (χ0n) is 9.99. The molecule has 2 heteroatoms. The van der Waals surface area contributed by atoms with E-state index < -0.39 is 0 Å². The first-order valence-corrected chi connectivity index (χ1v) is 5.50. The van der Waals surface area contributed by atoms with Crippen molar-refractivity contribution in [3.8, 4) is 0 Å². The Morgan fingerprint density at radius 2 is 1.88 bits per heavy atom. The van der Waals surface area contributed by atoms with Gasteiger partial charge in [-0.2, -0.15) is 0 Å². The fourth-order valence-corrected chi connectivity index (χ4v) is 1.97. The fraction of sp³-hybridized carbons (Fsp3) is 0.286. The van der Waals surface area contributed by atoms with E-state index in [1.54, 1.807) is 0 Å². The molecule has 0 radical (unpaired) electrons. The van der Waals surface area contributed by atoms with Gasteiger partial charge >= 0.3 is 0 Å². The monoisotopic (exact) mass is 212 g/mol. The molecule has 0 aliphatic carbocycles. The Morgan fingerprint density at radius 3 is 2.44 bits per heavy atom. The van der Waals surface area contributed by atoms with Gasteiger partial charge in [0.05, 0.1) is 0 Å².